The van der Waals surface area contributed by atoms with E-state index in [-0.39, 0.29) is 22.6 Å². The third kappa shape index (κ3) is 2.76. The van der Waals surface area contributed by atoms with Crippen LogP contribution in [0.3, 0.4) is 0 Å². The fourth-order valence-corrected chi connectivity index (χ4v) is 1.29. The van der Waals surface area contributed by atoms with Gasteiger partial charge in [-0.3, -0.25) is 9.59 Å². The number of methoxy groups -OCH3 is 1. The van der Waals surface area contributed by atoms with Crippen LogP contribution in [0.2, 0.25) is 5.02 Å². The molecule has 0 fully saturated rings. The van der Waals surface area contributed by atoms with Crippen molar-refractivity contribution in [1.29, 1.82) is 0 Å². The lowest BCUT2D eigenvalue weighted by Crippen LogP contribution is -2.06. The highest BCUT2D eigenvalue weighted by Gasteiger charge is 2.11. The van der Waals surface area contributed by atoms with Gasteiger partial charge in [-0.05, 0) is 12.1 Å². The Morgan fingerprint density at radius 3 is 2.80 bits per heavy atom. The van der Waals surface area contributed by atoms with Crippen molar-refractivity contribution in [1.82, 2.24) is 0 Å². The molecule has 0 aliphatic carbocycles. The normalized spacial score (nSPS) is 9.80. The fourth-order valence-electron chi connectivity index (χ4n) is 1.06. The predicted molar refractivity (Wildman–Crippen MR) is 52.5 cm³/mol. The summed E-state index contributed by atoms with van der Waals surface area (Å²) in [6, 6.07) is 2.24. The van der Waals surface area contributed by atoms with Crippen LogP contribution in [-0.2, 0) is 16.0 Å². The summed E-state index contributed by atoms with van der Waals surface area (Å²) >= 11 is 5.68. The second-order valence-corrected chi connectivity index (χ2v) is 3.24. The first kappa shape index (κ1) is 11.7. The van der Waals surface area contributed by atoms with E-state index in [1.165, 1.54) is 13.2 Å². The lowest BCUT2D eigenvalue weighted by molar-refractivity contribution is -0.139. The quantitative estimate of drug-likeness (QED) is 0.589. The molecule has 15 heavy (non-hydrogen) atoms. The van der Waals surface area contributed by atoms with Gasteiger partial charge in [0.25, 0.3) is 0 Å². The number of halogens is 2. The highest BCUT2D eigenvalue weighted by atomic mass is 35.5. The molecule has 0 bridgehead atoms. The zero-order valence-corrected chi connectivity index (χ0v) is 8.68. The van der Waals surface area contributed by atoms with E-state index in [1.54, 1.807) is 0 Å². The molecule has 0 aromatic heterocycles. The van der Waals surface area contributed by atoms with E-state index in [2.05, 4.69) is 4.74 Å². The minimum absolute atomic E-state index is 0.0581. The Hall–Kier alpha value is -1.42. The number of hydrogen-bond donors (Lipinski definition) is 0. The smallest absolute Gasteiger partial charge is 0.310 e. The first-order valence-electron chi connectivity index (χ1n) is 4.08. The number of aldehydes is 1. The van der Waals surface area contributed by atoms with Crippen molar-refractivity contribution >= 4 is 23.9 Å². The molecule has 0 saturated carbocycles. The van der Waals surface area contributed by atoms with Gasteiger partial charge in [0.05, 0.1) is 18.6 Å². The molecule has 0 aliphatic heterocycles. The second-order valence-electron chi connectivity index (χ2n) is 2.84. The Balaban J connectivity index is 3.05. The lowest BCUT2D eigenvalue weighted by Gasteiger charge is -2.04. The molecule has 0 N–H and O–H groups in total. The maximum atomic E-state index is 13.3. The summed E-state index contributed by atoms with van der Waals surface area (Å²) in [5.41, 5.74) is 0.167. The summed E-state index contributed by atoms with van der Waals surface area (Å²) in [5, 5.41) is 0.116. The molecule has 0 spiro atoms. The van der Waals surface area contributed by atoms with Crippen LogP contribution in [-0.4, -0.2) is 19.4 Å². The lowest BCUT2D eigenvalue weighted by atomic mass is 10.1. The van der Waals surface area contributed by atoms with Crippen LogP contribution in [0.15, 0.2) is 12.1 Å². The second kappa shape index (κ2) is 4.89. The van der Waals surface area contributed by atoms with Gasteiger partial charge in [-0.25, -0.2) is 4.39 Å². The van der Waals surface area contributed by atoms with Crippen molar-refractivity contribution in [3.8, 4) is 0 Å². The molecule has 1 rings (SSSR count). The van der Waals surface area contributed by atoms with E-state index in [1.807, 2.05) is 0 Å². The maximum Gasteiger partial charge on any atom is 0.310 e. The van der Waals surface area contributed by atoms with Gasteiger partial charge in [0.2, 0.25) is 0 Å². The van der Waals surface area contributed by atoms with Gasteiger partial charge in [0.15, 0.2) is 6.29 Å². The molecule has 0 aliphatic rings. The van der Waals surface area contributed by atoms with E-state index >= 15 is 0 Å². The minimum Gasteiger partial charge on any atom is -0.469 e. The molecule has 80 valence electrons. The Morgan fingerprint density at radius 2 is 2.27 bits per heavy atom. The SMILES string of the molecule is COC(=O)Cc1cc(Cl)c(C=O)cc1F. The number of carbonyl (C=O) groups excluding carboxylic acids is 2. The molecular formula is C10H8ClFO3. The van der Waals surface area contributed by atoms with Crippen molar-refractivity contribution < 1.29 is 18.7 Å². The molecule has 0 unspecified atom stereocenters. The zero-order chi connectivity index (χ0) is 11.4. The van der Waals surface area contributed by atoms with Crippen molar-refractivity contribution in [2.45, 2.75) is 6.42 Å². The Kier molecular flexibility index (Phi) is 3.80. The van der Waals surface area contributed by atoms with Crippen LogP contribution in [0.4, 0.5) is 4.39 Å². The van der Waals surface area contributed by atoms with Gasteiger partial charge in [-0.15, -0.1) is 0 Å². The van der Waals surface area contributed by atoms with Gasteiger partial charge in [-0.2, -0.15) is 0 Å². The monoisotopic (exact) mass is 230 g/mol. The van der Waals surface area contributed by atoms with Crippen molar-refractivity contribution in [2.24, 2.45) is 0 Å². The highest BCUT2D eigenvalue weighted by molar-refractivity contribution is 6.33. The van der Waals surface area contributed by atoms with Crippen LogP contribution < -0.4 is 0 Å². The number of benzene rings is 1. The summed E-state index contributed by atoms with van der Waals surface area (Å²) < 4.78 is 17.7. The van der Waals surface area contributed by atoms with Gasteiger partial charge in [-0.1, -0.05) is 11.6 Å². The van der Waals surface area contributed by atoms with Crippen molar-refractivity contribution in [3.63, 3.8) is 0 Å². The summed E-state index contributed by atoms with van der Waals surface area (Å²) in [7, 11) is 1.21. The van der Waals surface area contributed by atoms with Gasteiger partial charge < -0.3 is 4.74 Å². The molecule has 0 radical (unpaired) electrons. The Bertz CT molecular complexity index is 404. The van der Waals surface area contributed by atoms with Crippen LogP contribution in [0.5, 0.6) is 0 Å². The number of ether oxygens (including phenoxy) is 1. The summed E-state index contributed by atoms with van der Waals surface area (Å²) in [4.78, 5) is 21.3. The Labute approximate surface area is 90.8 Å². The van der Waals surface area contributed by atoms with Crippen molar-refractivity contribution in [2.75, 3.05) is 7.11 Å². The van der Waals surface area contributed by atoms with Crippen LogP contribution in [0, 0.1) is 5.82 Å². The fraction of sp³-hybridized carbons (Fsp3) is 0.200. The van der Waals surface area contributed by atoms with Gasteiger partial charge >= 0.3 is 5.97 Å². The zero-order valence-electron chi connectivity index (χ0n) is 7.92. The van der Waals surface area contributed by atoms with E-state index in [0.29, 0.717) is 6.29 Å². The number of carbonyl (C=O) groups is 2. The summed E-state index contributed by atoms with van der Waals surface area (Å²) in [5.74, 6) is -1.21. The molecule has 1 aromatic carbocycles. The number of hydrogen-bond acceptors (Lipinski definition) is 3. The molecule has 0 amide bonds. The summed E-state index contributed by atoms with van der Waals surface area (Å²) in [6.07, 6.45) is 0.245. The van der Waals surface area contributed by atoms with Gasteiger partial charge in [0, 0.05) is 11.1 Å². The Morgan fingerprint density at radius 1 is 1.60 bits per heavy atom. The average molecular weight is 231 g/mol. The van der Waals surface area contributed by atoms with E-state index in [0.717, 1.165) is 6.07 Å². The molecule has 5 heteroatoms. The van der Waals surface area contributed by atoms with Crippen LogP contribution in [0.1, 0.15) is 15.9 Å². The molecule has 0 heterocycles. The predicted octanol–water partition coefficient (Wildman–Crippen LogP) is 2.01. The third-order valence-electron chi connectivity index (χ3n) is 1.86. The molecule has 0 atom stereocenters. The van der Waals surface area contributed by atoms with E-state index in [9.17, 15) is 14.0 Å². The maximum absolute atomic E-state index is 13.3. The highest BCUT2D eigenvalue weighted by Crippen LogP contribution is 2.20. The molecule has 1 aromatic rings. The molecule has 0 saturated heterocycles. The average Bonchev–Trinajstić information content (AvgIpc) is 2.22. The topological polar surface area (TPSA) is 43.4 Å². The largest absolute Gasteiger partial charge is 0.469 e. The number of rotatable bonds is 3. The molecular weight excluding hydrogens is 223 g/mol. The van der Waals surface area contributed by atoms with E-state index < -0.39 is 11.8 Å². The standard InChI is InChI=1S/C10H8ClFO3/c1-15-10(14)4-6-2-8(11)7(5-13)3-9(6)12/h2-3,5H,4H2,1H3. The van der Waals surface area contributed by atoms with E-state index in [4.69, 9.17) is 11.6 Å². The van der Waals surface area contributed by atoms with Crippen LogP contribution >= 0.6 is 11.6 Å². The first-order valence-corrected chi connectivity index (χ1v) is 4.46. The number of esters is 1. The van der Waals surface area contributed by atoms with Gasteiger partial charge in [0.1, 0.15) is 5.82 Å². The van der Waals surface area contributed by atoms with Crippen molar-refractivity contribution in [3.05, 3.63) is 34.1 Å². The third-order valence-corrected chi connectivity index (χ3v) is 2.18. The minimum atomic E-state index is -0.646. The first-order chi connectivity index (χ1) is 7.08. The summed E-state index contributed by atoms with van der Waals surface area (Å²) in [6.45, 7) is 0. The van der Waals surface area contributed by atoms with Crippen LogP contribution in [0.25, 0.3) is 0 Å². The molecule has 3 nitrogen and oxygen atoms in total.